The summed E-state index contributed by atoms with van der Waals surface area (Å²) in [6.45, 7) is 3.73. The van der Waals surface area contributed by atoms with E-state index in [2.05, 4.69) is 10.6 Å². The van der Waals surface area contributed by atoms with Crippen molar-refractivity contribution in [3.05, 3.63) is 0 Å². The molecule has 2 rings (SSSR count). The molecular formula is C15H26N2O3. The Balaban J connectivity index is 1.65. The second-order valence-electron chi connectivity index (χ2n) is 6.47. The van der Waals surface area contributed by atoms with Crippen molar-refractivity contribution in [1.29, 1.82) is 0 Å². The fourth-order valence-electron chi connectivity index (χ4n) is 3.39. The number of hydrogen-bond donors (Lipinski definition) is 3. The first-order valence-electron chi connectivity index (χ1n) is 7.76. The molecule has 2 aliphatic rings. The number of carbonyl (C=O) groups is 2. The maximum atomic E-state index is 12.2. The molecule has 3 N–H and O–H groups in total. The minimum atomic E-state index is -0.741. The zero-order chi connectivity index (χ0) is 14.7. The van der Waals surface area contributed by atoms with Crippen LogP contribution < -0.4 is 10.6 Å². The van der Waals surface area contributed by atoms with Crippen molar-refractivity contribution >= 4 is 11.9 Å². The number of rotatable bonds is 7. The Hall–Kier alpha value is -1.10. The van der Waals surface area contributed by atoms with Gasteiger partial charge in [0.25, 0.3) is 0 Å². The Labute approximate surface area is 120 Å². The lowest BCUT2D eigenvalue weighted by Gasteiger charge is -2.22. The predicted octanol–water partition coefficient (Wildman–Crippen LogP) is 1.52. The van der Waals surface area contributed by atoms with Crippen LogP contribution in [0.25, 0.3) is 0 Å². The summed E-state index contributed by atoms with van der Waals surface area (Å²) in [5.74, 6) is -0.736. The van der Waals surface area contributed by atoms with Gasteiger partial charge in [-0.05, 0) is 39.0 Å². The minimum Gasteiger partial charge on any atom is -0.481 e. The molecule has 0 aromatic rings. The van der Waals surface area contributed by atoms with E-state index in [1.54, 1.807) is 6.92 Å². The summed E-state index contributed by atoms with van der Waals surface area (Å²) >= 11 is 0. The number of hydrogen-bond acceptors (Lipinski definition) is 3. The van der Waals surface area contributed by atoms with Crippen molar-refractivity contribution < 1.29 is 14.7 Å². The summed E-state index contributed by atoms with van der Waals surface area (Å²) < 4.78 is 0. The lowest BCUT2D eigenvalue weighted by atomic mass is 9.88. The van der Waals surface area contributed by atoms with E-state index in [0.717, 1.165) is 25.7 Å². The summed E-state index contributed by atoms with van der Waals surface area (Å²) in [5, 5.41) is 15.4. The Kier molecular flexibility index (Phi) is 5.02. The summed E-state index contributed by atoms with van der Waals surface area (Å²) in [7, 11) is 0. The van der Waals surface area contributed by atoms with Gasteiger partial charge in [0.2, 0.25) is 5.91 Å². The zero-order valence-electron chi connectivity index (χ0n) is 12.4. The van der Waals surface area contributed by atoms with E-state index in [4.69, 9.17) is 5.11 Å². The average molecular weight is 282 g/mol. The molecule has 2 heterocycles. The number of carbonyl (C=O) groups excluding carboxylic acids is 1. The highest BCUT2D eigenvalue weighted by atomic mass is 16.4. The second kappa shape index (κ2) is 6.57. The van der Waals surface area contributed by atoms with Crippen LogP contribution in [0, 0.1) is 11.8 Å². The van der Waals surface area contributed by atoms with Crippen LogP contribution in [0.15, 0.2) is 0 Å². The number of carboxylic acids is 1. The second-order valence-corrected chi connectivity index (χ2v) is 6.47. The third-order valence-corrected chi connectivity index (χ3v) is 4.72. The molecule has 2 aliphatic heterocycles. The normalized spacial score (nSPS) is 31.0. The molecule has 5 unspecified atom stereocenters. The van der Waals surface area contributed by atoms with Gasteiger partial charge in [-0.15, -0.1) is 0 Å². The van der Waals surface area contributed by atoms with Crippen molar-refractivity contribution in [2.45, 2.75) is 70.5 Å². The molecule has 20 heavy (non-hydrogen) atoms. The standard InChI is InChI=1S/C15H26N2O3/c1-9(15(19)20)4-3-5-10(2)16-14(18)12-8-11-6-7-13(12)17-11/h9-13,17H,3-8H2,1-2H3,(H,16,18)(H,19,20). The molecule has 1 amide bonds. The van der Waals surface area contributed by atoms with E-state index in [1.165, 1.54) is 6.42 Å². The van der Waals surface area contributed by atoms with Gasteiger partial charge in [0.15, 0.2) is 0 Å². The van der Waals surface area contributed by atoms with Crippen molar-refractivity contribution in [3.8, 4) is 0 Å². The monoisotopic (exact) mass is 282 g/mol. The molecule has 2 bridgehead atoms. The average Bonchev–Trinajstić information content (AvgIpc) is 3.00. The van der Waals surface area contributed by atoms with Gasteiger partial charge in [0.1, 0.15) is 0 Å². The third kappa shape index (κ3) is 3.72. The summed E-state index contributed by atoms with van der Waals surface area (Å²) in [6.07, 6.45) is 5.65. The molecule has 114 valence electrons. The molecule has 0 aromatic carbocycles. The van der Waals surface area contributed by atoms with Crippen molar-refractivity contribution in [2.75, 3.05) is 0 Å². The van der Waals surface area contributed by atoms with Crippen LogP contribution in [0.3, 0.4) is 0 Å². The SMILES string of the molecule is CC(CCCC(C)C(=O)O)NC(=O)C1CC2CCC1N2. The first-order valence-corrected chi connectivity index (χ1v) is 7.76. The van der Waals surface area contributed by atoms with Crippen LogP contribution in [-0.2, 0) is 9.59 Å². The van der Waals surface area contributed by atoms with Crippen LogP contribution in [0.1, 0.15) is 52.4 Å². The van der Waals surface area contributed by atoms with Crippen LogP contribution in [-0.4, -0.2) is 35.1 Å². The van der Waals surface area contributed by atoms with Crippen LogP contribution >= 0.6 is 0 Å². The molecular weight excluding hydrogens is 256 g/mol. The third-order valence-electron chi connectivity index (χ3n) is 4.72. The van der Waals surface area contributed by atoms with E-state index in [-0.39, 0.29) is 23.8 Å². The molecule has 5 nitrogen and oxygen atoms in total. The van der Waals surface area contributed by atoms with Gasteiger partial charge in [0, 0.05) is 18.1 Å². The lowest BCUT2D eigenvalue weighted by molar-refractivity contribution is -0.141. The summed E-state index contributed by atoms with van der Waals surface area (Å²) in [6, 6.07) is 1.05. The Morgan fingerprint density at radius 2 is 2.05 bits per heavy atom. The Morgan fingerprint density at radius 3 is 2.60 bits per heavy atom. The maximum absolute atomic E-state index is 12.2. The van der Waals surface area contributed by atoms with Gasteiger partial charge >= 0.3 is 5.97 Å². The fraction of sp³-hybridized carbons (Fsp3) is 0.867. The topological polar surface area (TPSA) is 78.4 Å². The largest absolute Gasteiger partial charge is 0.481 e. The highest BCUT2D eigenvalue weighted by Gasteiger charge is 2.42. The fourth-order valence-corrected chi connectivity index (χ4v) is 3.39. The number of nitrogens with one attached hydrogen (secondary N) is 2. The van der Waals surface area contributed by atoms with Gasteiger partial charge < -0.3 is 15.7 Å². The molecule has 5 atom stereocenters. The number of amides is 1. The molecule has 0 aromatic heterocycles. The van der Waals surface area contributed by atoms with Gasteiger partial charge in [-0.1, -0.05) is 13.3 Å². The smallest absolute Gasteiger partial charge is 0.306 e. The van der Waals surface area contributed by atoms with Gasteiger partial charge in [-0.2, -0.15) is 0 Å². The molecule has 0 saturated carbocycles. The van der Waals surface area contributed by atoms with Crippen molar-refractivity contribution in [2.24, 2.45) is 11.8 Å². The van der Waals surface area contributed by atoms with Gasteiger partial charge in [0.05, 0.1) is 11.8 Å². The highest BCUT2D eigenvalue weighted by Crippen LogP contribution is 2.33. The summed E-state index contributed by atoms with van der Waals surface area (Å²) in [4.78, 5) is 22.9. The van der Waals surface area contributed by atoms with E-state index < -0.39 is 5.97 Å². The van der Waals surface area contributed by atoms with Crippen LogP contribution in [0.4, 0.5) is 0 Å². The first kappa shape index (κ1) is 15.3. The van der Waals surface area contributed by atoms with Crippen LogP contribution in [0.2, 0.25) is 0 Å². The lowest BCUT2D eigenvalue weighted by Crippen LogP contribution is -2.41. The Morgan fingerprint density at radius 1 is 1.30 bits per heavy atom. The van der Waals surface area contributed by atoms with Crippen molar-refractivity contribution in [3.63, 3.8) is 0 Å². The molecule has 5 heteroatoms. The van der Waals surface area contributed by atoms with E-state index in [1.807, 2.05) is 6.92 Å². The summed E-state index contributed by atoms with van der Waals surface area (Å²) in [5.41, 5.74) is 0. The number of aliphatic carboxylic acids is 1. The quantitative estimate of drug-likeness (QED) is 0.661. The zero-order valence-corrected chi connectivity index (χ0v) is 12.4. The first-order chi connectivity index (χ1) is 9.47. The minimum absolute atomic E-state index is 0.127. The maximum Gasteiger partial charge on any atom is 0.306 e. The highest BCUT2D eigenvalue weighted by molar-refractivity contribution is 5.80. The van der Waals surface area contributed by atoms with Gasteiger partial charge in [-0.3, -0.25) is 9.59 Å². The number of fused-ring (bicyclic) bond motifs is 2. The van der Waals surface area contributed by atoms with Crippen molar-refractivity contribution in [1.82, 2.24) is 10.6 Å². The predicted molar refractivity (Wildman–Crippen MR) is 76.3 cm³/mol. The molecule has 2 saturated heterocycles. The van der Waals surface area contributed by atoms with Crippen LogP contribution in [0.5, 0.6) is 0 Å². The molecule has 0 radical (unpaired) electrons. The van der Waals surface area contributed by atoms with Gasteiger partial charge in [-0.25, -0.2) is 0 Å². The Bertz CT molecular complexity index is 372. The van der Waals surface area contributed by atoms with E-state index in [0.29, 0.717) is 18.5 Å². The van der Waals surface area contributed by atoms with E-state index in [9.17, 15) is 9.59 Å². The molecule has 0 spiro atoms. The molecule has 0 aliphatic carbocycles. The molecule has 2 fully saturated rings. The number of carboxylic acid groups (broad SMARTS) is 1. The van der Waals surface area contributed by atoms with E-state index >= 15 is 0 Å².